The summed E-state index contributed by atoms with van der Waals surface area (Å²) in [6.07, 6.45) is 7.71. The first-order chi connectivity index (χ1) is 7.83. The first kappa shape index (κ1) is 12.9. The lowest BCUT2D eigenvalue weighted by molar-refractivity contribution is 0.371. The molecule has 0 saturated carbocycles. The van der Waals surface area contributed by atoms with Gasteiger partial charge in [-0.2, -0.15) is 0 Å². The number of nitrogens with two attached hydrogens (primary N) is 1. The molecule has 90 valence electrons. The van der Waals surface area contributed by atoms with E-state index in [9.17, 15) is 0 Å². The number of hydrogen-bond donors (Lipinski definition) is 2. The van der Waals surface area contributed by atoms with Crippen LogP contribution in [0.3, 0.4) is 0 Å². The van der Waals surface area contributed by atoms with Gasteiger partial charge in [-0.3, -0.25) is 16.3 Å². The van der Waals surface area contributed by atoms with E-state index in [1.54, 1.807) is 19.5 Å². The Balaban J connectivity index is 2.69. The number of hydrogen-bond acceptors (Lipinski definition) is 5. The summed E-state index contributed by atoms with van der Waals surface area (Å²) in [4.78, 5) is 8.38. The van der Waals surface area contributed by atoms with Crippen LogP contribution in [0, 0.1) is 0 Å². The molecule has 1 aromatic rings. The first-order valence-corrected chi connectivity index (χ1v) is 5.64. The Morgan fingerprint density at radius 2 is 2.12 bits per heavy atom. The highest BCUT2D eigenvalue weighted by molar-refractivity contribution is 5.20. The molecule has 0 spiro atoms. The number of ether oxygens (including phenoxy) is 1. The number of aromatic nitrogens is 2. The maximum Gasteiger partial charge on any atom is 0.237 e. The first-order valence-electron chi connectivity index (χ1n) is 5.64. The van der Waals surface area contributed by atoms with Crippen LogP contribution in [0.25, 0.3) is 0 Å². The van der Waals surface area contributed by atoms with E-state index in [-0.39, 0.29) is 6.04 Å². The van der Waals surface area contributed by atoms with Crippen LogP contribution in [0.1, 0.15) is 44.3 Å². The third-order valence-electron chi connectivity index (χ3n) is 2.51. The molecule has 0 aromatic carbocycles. The molecule has 1 atom stereocenters. The number of methoxy groups -OCH3 is 1. The molecule has 0 bridgehead atoms. The molecular weight excluding hydrogens is 204 g/mol. The van der Waals surface area contributed by atoms with Gasteiger partial charge in [-0.15, -0.1) is 0 Å². The van der Waals surface area contributed by atoms with Crippen molar-refractivity contribution in [3.05, 3.63) is 18.1 Å². The van der Waals surface area contributed by atoms with E-state index in [4.69, 9.17) is 10.6 Å². The number of rotatable bonds is 7. The van der Waals surface area contributed by atoms with E-state index in [0.29, 0.717) is 5.88 Å². The fraction of sp³-hybridized carbons (Fsp3) is 0.636. The van der Waals surface area contributed by atoms with Crippen LogP contribution >= 0.6 is 0 Å². The van der Waals surface area contributed by atoms with Crippen molar-refractivity contribution in [1.29, 1.82) is 0 Å². The monoisotopic (exact) mass is 224 g/mol. The largest absolute Gasteiger partial charge is 0.480 e. The average molecular weight is 224 g/mol. The second kappa shape index (κ2) is 7.14. The highest BCUT2D eigenvalue weighted by Gasteiger charge is 2.16. The minimum absolute atomic E-state index is 0.00944. The predicted octanol–water partition coefficient (Wildman–Crippen LogP) is 1.57. The van der Waals surface area contributed by atoms with Crippen molar-refractivity contribution in [2.75, 3.05) is 7.11 Å². The van der Waals surface area contributed by atoms with Crippen molar-refractivity contribution >= 4 is 0 Å². The Kier molecular flexibility index (Phi) is 5.74. The molecule has 1 unspecified atom stereocenters. The van der Waals surface area contributed by atoms with Crippen molar-refractivity contribution in [3.63, 3.8) is 0 Å². The van der Waals surface area contributed by atoms with Gasteiger partial charge in [0.05, 0.1) is 13.2 Å². The smallest absolute Gasteiger partial charge is 0.237 e. The zero-order chi connectivity index (χ0) is 11.8. The van der Waals surface area contributed by atoms with Gasteiger partial charge in [0.1, 0.15) is 5.69 Å². The van der Waals surface area contributed by atoms with Gasteiger partial charge in [-0.05, 0) is 6.42 Å². The molecule has 0 saturated heterocycles. The SMILES string of the molecule is CCCCCC(NN)c1nccnc1OC. The van der Waals surface area contributed by atoms with Gasteiger partial charge >= 0.3 is 0 Å². The summed E-state index contributed by atoms with van der Waals surface area (Å²) in [5.74, 6) is 6.08. The third kappa shape index (κ3) is 3.43. The maximum absolute atomic E-state index is 5.54. The fourth-order valence-corrected chi connectivity index (χ4v) is 1.63. The van der Waals surface area contributed by atoms with Crippen LogP contribution in [0.15, 0.2) is 12.4 Å². The minimum Gasteiger partial charge on any atom is -0.480 e. The molecule has 3 N–H and O–H groups in total. The van der Waals surface area contributed by atoms with E-state index in [0.717, 1.165) is 18.5 Å². The molecule has 0 aliphatic carbocycles. The number of hydrazine groups is 1. The number of unbranched alkanes of at least 4 members (excludes halogenated alkanes) is 2. The summed E-state index contributed by atoms with van der Waals surface area (Å²) in [6, 6.07) is 0.00944. The van der Waals surface area contributed by atoms with Crippen molar-refractivity contribution in [2.24, 2.45) is 5.84 Å². The molecule has 0 amide bonds. The van der Waals surface area contributed by atoms with E-state index in [1.165, 1.54) is 12.8 Å². The van der Waals surface area contributed by atoms with Gasteiger partial charge in [0, 0.05) is 12.4 Å². The quantitative estimate of drug-likeness (QED) is 0.418. The maximum atomic E-state index is 5.54. The van der Waals surface area contributed by atoms with Crippen LogP contribution in [0.5, 0.6) is 5.88 Å². The zero-order valence-corrected chi connectivity index (χ0v) is 9.94. The summed E-state index contributed by atoms with van der Waals surface area (Å²) in [5.41, 5.74) is 3.55. The average Bonchev–Trinajstić information content (AvgIpc) is 2.35. The Bertz CT molecular complexity index is 306. The summed E-state index contributed by atoms with van der Waals surface area (Å²) >= 11 is 0. The molecule has 1 aromatic heterocycles. The van der Waals surface area contributed by atoms with Gasteiger partial charge in [0.25, 0.3) is 0 Å². The molecule has 1 heterocycles. The van der Waals surface area contributed by atoms with E-state index in [2.05, 4.69) is 22.3 Å². The highest BCUT2D eigenvalue weighted by Crippen LogP contribution is 2.23. The van der Waals surface area contributed by atoms with Crippen LogP contribution < -0.4 is 16.0 Å². The molecule has 0 fully saturated rings. The van der Waals surface area contributed by atoms with Gasteiger partial charge in [-0.1, -0.05) is 26.2 Å². The molecule has 16 heavy (non-hydrogen) atoms. The van der Waals surface area contributed by atoms with Crippen molar-refractivity contribution < 1.29 is 4.74 Å². The summed E-state index contributed by atoms with van der Waals surface area (Å²) in [6.45, 7) is 2.17. The Labute approximate surface area is 96.4 Å². The standard InChI is InChI=1S/C11H20N4O/c1-3-4-5-6-9(15-12)10-11(16-2)14-8-7-13-10/h7-9,15H,3-6,12H2,1-2H3. The van der Waals surface area contributed by atoms with Crippen molar-refractivity contribution in [2.45, 2.75) is 38.6 Å². The van der Waals surface area contributed by atoms with Gasteiger partial charge in [-0.25, -0.2) is 4.98 Å². The Morgan fingerprint density at radius 3 is 2.75 bits per heavy atom. The highest BCUT2D eigenvalue weighted by atomic mass is 16.5. The lowest BCUT2D eigenvalue weighted by Gasteiger charge is -2.16. The van der Waals surface area contributed by atoms with E-state index >= 15 is 0 Å². The van der Waals surface area contributed by atoms with Gasteiger partial charge in [0.2, 0.25) is 5.88 Å². The third-order valence-corrected chi connectivity index (χ3v) is 2.51. The van der Waals surface area contributed by atoms with Gasteiger partial charge in [0.15, 0.2) is 0 Å². The van der Waals surface area contributed by atoms with Crippen molar-refractivity contribution in [1.82, 2.24) is 15.4 Å². The molecule has 1 rings (SSSR count). The van der Waals surface area contributed by atoms with Crippen molar-refractivity contribution in [3.8, 4) is 5.88 Å². The normalized spacial score (nSPS) is 12.4. The summed E-state index contributed by atoms with van der Waals surface area (Å²) in [7, 11) is 1.59. The van der Waals surface area contributed by atoms with Crippen LogP contribution in [0.4, 0.5) is 0 Å². The van der Waals surface area contributed by atoms with Gasteiger partial charge < -0.3 is 4.74 Å². The molecule has 0 aliphatic heterocycles. The Hall–Kier alpha value is -1.20. The van der Waals surface area contributed by atoms with Crippen LogP contribution in [-0.4, -0.2) is 17.1 Å². The molecule has 0 aliphatic rings. The second-order valence-electron chi connectivity index (χ2n) is 3.67. The van der Waals surface area contributed by atoms with E-state index in [1.807, 2.05) is 0 Å². The van der Waals surface area contributed by atoms with Crippen LogP contribution in [0.2, 0.25) is 0 Å². The summed E-state index contributed by atoms with van der Waals surface area (Å²) in [5, 5.41) is 0. The molecule has 5 nitrogen and oxygen atoms in total. The number of nitrogens with zero attached hydrogens (tertiary/aromatic N) is 2. The topological polar surface area (TPSA) is 73.1 Å². The molecule has 5 heteroatoms. The fourth-order valence-electron chi connectivity index (χ4n) is 1.63. The lowest BCUT2D eigenvalue weighted by atomic mass is 10.1. The van der Waals surface area contributed by atoms with E-state index < -0.39 is 0 Å². The Morgan fingerprint density at radius 1 is 1.38 bits per heavy atom. The molecular formula is C11H20N4O. The lowest BCUT2D eigenvalue weighted by Crippen LogP contribution is -2.29. The zero-order valence-electron chi connectivity index (χ0n) is 9.94. The second-order valence-corrected chi connectivity index (χ2v) is 3.67. The minimum atomic E-state index is 0.00944. The predicted molar refractivity (Wildman–Crippen MR) is 62.8 cm³/mol. The summed E-state index contributed by atoms with van der Waals surface area (Å²) < 4.78 is 5.17. The molecule has 0 radical (unpaired) electrons. The number of nitrogens with one attached hydrogen (secondary N) is 1. The van der Waals surface area contributed by atoms with Crippen LogP contribution in [-0.2, 0) is 0 Å².